The van der Waals surface area contributed by atoms with Crippen LogP contribution < -0.4 is 14.2 Å². The minimum atomic E-state index is -3.60. The number of fused-ring (bicyclic) bond motifs is 1. The first-order valence-corrected chi connectivity index (χ1v) is 12.5. The molecule has 2 aromatic rings. The molecule has 0 aliphatic carbocycles. The van der Waals surface area contributed by atoms with Crippen LogP contribution in [0.1, 0.15) is 22.8 Å². The van der Waals surface area contributed by atoms with Crippen LogP contribution in [0.5, 0.6) is 11.5 Å². The highest BCUT2D eigenvalue weighted by Gasteiger charge is 2.23. The lowest BCUT2D eigenvalue weighted by atomic mass is 10.1. The summed E-state index contributed by atoms with van der Waals surface area (Å²) in [6, 6.07) is 11.3. The van der Waals surface area contributed by atoms with Crippen molar-refractivity contribution in [2.45, 2.75) is 18.4 Å². The average molecular weight is 490 g/mol. The lowest BCUT2D eigenvalue weighted by molar-refractivity contribution is -0.136. The molecule has 2 heterocycles. The normalized spacial score (nSPS) is 15.9. The zero-order valence-electron chi connectivity index (χ0n) is 18.9. The third-order valence-corrected chi connectivity index (χ3v) is 7.19. The van der Waals surface area contributed by atoms with Crippen LogP contribution in [0.25, 0.3) is 0 Å². The van der Waals surface area contributed by atoms with E-state index in [0.29, 0.717) is 26.2 Å². The Morgan fingerprint density at radius 1 is 1.00 bits per heavy atom. The number of rotatable bonds is 8. The average Bonchev–Trinajstić information content (AvgIpc) is 3.31. The van der Waals surface area contributed by atoms with Crippen LogP contribution in [0, 0.1) is 0 Å². The Balaban J connectivity index is 1.22. The van der Waals surface area contributed by atoms with Crippen molar-refractivity contribution in [3.63, 3.8) is 0 Å². The van der Waals surface area contributed by atoms with Crippen LogP contribution in [-0.4, -0.2) is 76.2 Å². The van der Waals surface area contributed by atoms with Gasteiger partial charge in [0.05, 0.1) is 10.5 Å². The van der Waals surface area contributed by atoms with Gasteiger partial charge in [0.15, 0.2) is 18.1 Å². The standard InChI is InChI=1S/C23H27N3O7S/c1-2-24-34(29,30)19-6-4-18(5-7-19)23(28)31-15-22(27)26-11-9-25(10-12-26)14-17-3-8-20-21(13-17)33-16-32-20/h3-8,13,24H,2,9-12,14-16H2,1H3. The number of carbonyl (C=O) groups is 2. The molecule has 0 bridgehead atoms. The van der Waals surface area contributed by atoms with E-state index in [2.05, 4.69) is 9.62 Å². The van der Waals surface area contributed by atoms with Gasteiger partial charge in [-0.05, 0) is 42.0 Å². The molecule has 1 amide bonds. The summed E-state index contributed by atoms with van der Waals surface area (Å²) in [5.74, 6) is 0.565. The second kappa shape index (κ2) is 10.4. The molecule has 1 saturated heterocycles. The van der Waals surface area contributed by atoms with Gasteiger partial charge in [-0.3, -0.25) is 9.69 Å². The van der Waals surface area contributed by atoms with Gasteiger partial charge >= 0.3 is 5.97 Å². The van der Waals surface area contributed by atoms with E-state index in [-0.39, 0.29) is 36.3 Å². The van der Waals surface area contributed by atoms with E-state index in [1.165, 1.54) is 24.3 Å². The minimum Gasteiger partial charge on any atom is -0.454 e. The maximum Gasteiger partial charge on any atom is 0.338 e. The Labute approximate surface area is 198 Å². The Hall–Kier alpha value is -3.15. The minimum absolute atomic E-state index is 0.0561. The van der Waals surface area contributed by atoms with Crippen molar-refractivity contribution in [3.05, 3.63) is 53.6 Å². The third kappa shape index (κ3) is 5.66. The van der Waals surface area contributed by atoms with Crippen LogP contribution in [0.4, 0.5) is 0 Å². The molecule has 2 aliphatic heterocycles. The van der Waals surface area contributed by atoms with Crippen molar-refractivity contribution in [2.75, 3.05) is 46.1 Å². The van der Waals surface area contributed by atoms with Crippen molar-refractivity contribution >= 4 is 21.9 Å². The first-order valence-electron chi connectivity index (χ1n) is 11.0. The summed E-state index contributed by atoms with van der Waals surface area (Å²) < 4.78 is 42.2. The molecule has 0 radical (unpaired) electrons. The van der Waals surface area contributed by atoms with Crippen LogP contribution in [0.15, 0.2) is 47.4 Å². The summed E-state index contributed by atoms with van der Waals surface area (Å²) in [6.45, 7) is 5.06. The number of hydrogen-bond donors (Lipinski definition) is 1. The Morgan fingerprint density at radius 3 is 2.41 bits per heavy atom. The van der Waals surface area contributed by atoms with Gasteiger partial charge in [0, 0.05) is 39.3 Å². The highest BCUT2D eigenvalue weighted by atomic mass is 32.2. The van der Waals surface area contributed by atoms with E-state index in [4.69, 9.17) is 14.2 Å². The third-order valence-electron chi connectivity index (χ3n) is 5.63. The van der Waals surface area contributed by atoms with Gasteiger partial charge in [-0.15, -0.1) is 0 Å². The lowest BCUT2D eigenvalue weighted by Gasteiger charge is -2.34. The number of benzene rings is 2. The first kappa shape index (κ1) is 24.0. The van der Waals surface area contributed by atoms with Gasteiger partial charge in [0.2, 0.25) is 16.8 Å². The lowest BCUT2D eigenvalue weighted by Crippen LogP contribution is -2.49. The second-order valence-corrected chi connectivity index (χ2v) is 9.71. The predicted octanol–water partition coefficient (Wildman–Crippen LogP) is 1.21. The van der Waals surface area contributed by atoms with Crippen LogP contribution in [-0.2, 0) is 26.1 Å². The molecule has 11 heteroatoms. The van der Waals surface area contributed by atoms with Crippen molar-refractivity contribution in [1.82, 2.24) is 14.5 Å². The summed E-state index contributed by atoms with van der Waals surface area (Å²) in [5, 5.41) is 0. The highest BCUT2D eigenvalue weighted by Crippen LogP contribution is 2.32. The van der Waals surface area contributed by atoms with Crippen LogP contribution >= 0.6 is 0 Å². The van der Waals surface area contributed by atoms with Crippen molar-refractivity contribution in [3.8, 4) is 11.5 Å². The van der Waals surface area contributed by atoms with Gasteiger partial charge in [0.25, 0.3) is 5.91 Å². The van der Waals surface area contributed by atoms with Crippen LogP contribution in [0.3, 0.4) is 0 Å². The second-order valence-electron chi connectivity index (χ2n) is 7.95. The number of ether oxygens (including phenoxy) is 3. The number of sulfonamides is 1. The fraction of sp³-hybridized carbons (Fsp3) is 0.391. The molecule has 0 unspecified atom stereocenters. The van der Waals surface area contributed by atoms with E-state index in [1.807, 2.05) is 18.2 Å². The number of amides is 1. The number of carbonyl (C=O) groups excluding carboxylic acids is 2. The van der Waals surface area contributed by atoms with Gasteiger partial charge < -0.3 is 19.1 Å². The highest BCUT2D eigenvalue weighted by molar-refractivity contribution is 7.89. The monoisotopic (exact) mass is 489 g/mol. The molecule has 0 atom stereocenters. The summed E-state index contributed by atoms with van der Waals surface area (Å²) in [4.78, 5) is 28.7. The van der Waals surface area contributed by atoms with Gasteiger partial charge in [-0.1, -0.05) is 13.0 Å². The number of piperazine rings is 1. The van der Waals surface area contributed by atoms with Crippen molar-refractivity contribution < 1.29 is 32.2 Å². The van der Waals surface area contributed by atoms with Crippen molar-refractivity contribution in [1.29, 1.82) is 0 Å². The molecular formula is C23H27N3O7S. The van der Waals surface area contributed by atoms with Gasteiger partial charge in [-0.25, -0.2) is 17.9 Å². The maximum atomic E-state index is 12.5. The van der Waals surface area contributed by atoms with E-state index in [0.717, 1.165) is 23.6 Å². The number of hydrogen-bond acceptors (Lipinski definition) is 8. The molecule has 34 heavy (non-hydrogen) atoms. The Morgan fingerprint density at radius 2 is 1.71 bits per heavy atom. The summed E-state index contributed by atoms with van der Waals surface area (Å²) in [5.41, 5.74) is 1.29. The van der Waals surface area contributed by atoms with Gasteiger partial charge in [0.1, 0.15) is 0 Å². The molecular weight excluding hydrogens is 462 g/mol. The largest absolute Gasteiger partial charge is 0.454 e. The zero-order chi connectivity index (χ0) is 24.1. The molecule has 0 saturated carbocycles. The number of nitrogens with one attached hydrogen (secondary N) is 1. The molecule has 2 aliphatic rings. The molecule has 182 valence electrons. The van der Waals surface area contributed by atoms with E-state index in [9.17, 15) is 18.0 Å². The SMILES string of the molecule is CCNS(=O)(=O)c1ccc(C(=O)OCC(=O)N2CCN(Cc3ccc4c(c3)OCO4)CC2)cc1. The molecule has 0 aromatic heterocycles. The van der Waals surface area contributed by atoms with E-state index in [1.54, 1.807) is 11.8 Å². The fourth-order valence-corrected chi connectivity index (χ4v) is 4.84. The summed E-state index contributed by atoms with van der Waals surface area (Å²) in [6.07, 6.45) is 0. The smallest absolute Gasteiger partial charge is 0.338 e. The van der Waals surface area contributed by atoms with Crippen molar-refractivity contribution in [2.24, 2.45) is 0 Å². The molecule has 1 fully saturated rings. The topological polar surface area (TPSA) is 114 Å². The van der Waals surface area contributed by atoms with E-state index >= 15 is 0 Å². The van der Waals surface area contributed by atoms with E-state index < -0.39 is 16.0 Å². The zero-order valence-corrected chi connectivity index (χ0v) is 19.7. The molecule has 10 nitrogen and oxygen atoms in total. The fourth-order valence-electron chi connectivity index (χ4n) is 3.80. The molecule has 4 rings (SSSR count). The number of esters is 1. The first-order chi connectivity index (χ1) is 16.4. The Bertz CT molecular complexity index is 1140. The molecule has 1 N–H and O–H groups in total. The summed E-state index contributed by atoms with van der Waals surface area (Å²) in [7, 11) is -3.60. The molecule has 2 aromatic carbocycles. The van der Waals surface area contributed by atoms with Gasteiger partial charge in [-0.2, -0.15) is 0 Å². The molecule has 0 spiro atoms. The predicted molar refractivity (Wildman–Crippen MR) is 122 cm³/mol. The number of nitrogens with zero attached hydrogens (tertiary/aromatic N) is 2. The maximum absolute atomic E-state index is 12.5. The summed E-state index contributed by atoms with van der Waals surface area (Å²) >= 11 is 0. The Kier molecular flexibility index (Phi) is 7.35. The van der Waals surface area contributed by atoms with Crippen LogP contribution in [0.2, 0.25) is 0 Å². The quantitative estimate of drug-likeness (QED) is 0.551.